The molecule has 1 aliphatic heterocycles. The van der Waals surface area contributed by atoms with E-state index < -0.39 is 5.82 Å². The Morgan fingerprint density at radius 2 is 1.85 bits per heavy atom. The number of nitrogens with one attached hydrogen (secondary N) is 1. The molecular formula is C16H11FN2O. The van der Waals surface area contributed by atoms with E-state index in [-0.39, 0.29) is 11.5 Å². The third-order valence-electron chi connectivity index (χ3n) is 3.42. The van der Waals surface area contributed by atoms with Gasteiger partial charge in [0.05, 0.1) is 5.56 Å². The molecule has 4 heteroatoms. The van der Waals surface area contributed by atoms with Crippen LogP contribution >= 0.6 is 0 Å². The summed E-state index contributed by atoms with van der Waals surface area (Å²) >= 11 is 0. The van der Waals surface area contributed by atoms with E-state index in [1.165, 1.54) is 6.07 Å². The van der Waals surface area contributed by atoms with Crippen LogP contribution in [-0.4, -0.2) is 5.91 Å². The Hall–Kier alpha value is -2.67. The Balaban J connectivity index is 2.03. The Morgan fingerprint density at radius 3 is 2.65 bits per heavy atom. The van der Waals surface area contributed by atoms with Crippen LogP contribution in [0.5, 0.6) is 0 Å². The smallest absolute Gasteiger partial charge is 0.224 e. The van der Waals surface area contributed by atoms with Crippen LogP contribution in [-0.2, 0) is 11.2 Å². The zero-order valence-electron chi connectivity index (χ0n) is 10.6. The average molecular weight is 266 g/mol. The first kappa shape index (κ1) is 12.4. The number of hydrogen-bond acceptors (Lipinski definition) is 2. The Bertz CT molecular complexity index is 747. The lowest BCUT2D eigenvalue weighted by Gasteiger charge is -2.17. The molecule has 0 spiro atoms. The monoisotopic (exact) mass is 266 g/mol. The predicted molar refractivity (Wildman–Crippen MR) is 73.5 cm³/mol. The fourth-order valence-electron chi connectivity index (χ4n) is 2.35. The summed E-state index contributed by atoms with van der Waals surface area (Å²) in [5.41, 5.74) is 3.63. The lowest BCUT2D eigenvalue weighted by molar-refractivity contribution is -0.116. The Labute approximate surface area is 115 Å². The van der Waals surface area contributed by atoms with E-state index in [1.54, 1.807) is 12.1 Å². The van der Waals surface area contributed by atoms with Gasteiger partial charge in [-0.15, -0.1) is 0 Å². The van der Waals surface area contributed by atoms with Crippen LogP contribution in [0.2, 0.25) is 0 Å². The van der Waals surface area contributed by atoms with Gasteiger partial charge in [-0.25, -0.2) is 4.39 Å². The first-order valence-corrected chi connectivity index (χ1v) is 6.30. The summed E-state index contributed by atoms with van der Waals surface area (Å²) in [6.45, 7) is 0. The Kier molecular flexibility index (Phi) is 2.96. The third-order valence-corrected chi connectivity index (χ3v) is 3.42. The SMILES string of the molecule is N#Cc1cc(-c2ccc3c(c2)CCC(=O)N3)ccc1F. The molecule has 3 nitrogen and oxygen atoms in total. The molecule has 98 valence electrons. The molecule has 20 heavy (non-hydrogen) atoms. The van der Waals surface area contributed by atoms with Gasteiger partial charge in [0.15, 0.2) is 0 Å². The number of fused-ring (bicyclic) bond motifs is 1. The molecule has 0 aromatic heterocycles. The molecule has 1 amide bonds. The molecule has 1 aliphatic rings. The maximum Gasteiger partial charge on any atom is 0.224 e. The summed E-state index contributed by atoms with van der Waals surface area (Å²) in [7, 11) is 0. The fraction of sp³-hybridized carbons (Fsp3) is 0.125. The Morgan fingerprint density at radius 1 is 1.10 bits per heavy atom. The minimum absolute atomic E-state index is 0.0267. The van der Waals surface area contributed by atoms with Gasteiger partial charge in [0.25, 0.3) is 0 Å². The minimum Gasteiger partial charge on any atom is -0.326 e. The van der Waals surface area contributed by atoms with Crippen LogP contribution in [0, 0.1) is 17.1 Å². The van der Waals surface area contributed by atoms with E-state index in [4.69, 9.17) is 5.26 Å². The number of halogens is 1. The van der Waals surface area contributed by atoms with E-state index >= 15 is 0 Å². The number of carbonyl (C=O) groups is 1. The van der Waals surface area contributed by atoms with Gasteiger partial charge < -0.3 is 5.32 Å². The highest BCUT2D eigenvalue weighted by molar-refractivity contribution is 5.94. The molecule has 3 rings (SSSR count). The van der Waals surface area contributed by atoms with Crippen molar-refractivity contribution in [2.45, 2.75) is 12.8 Å². The maximum absolute atomic E-state index is 13.3. The summed E-state index contributed by atoms with van der Waals surface area (Å²) in [6.07, 6.45) is 1.17. The highest BCUT2D eigenvalue weighted by Crippen LogP contribution is 2.29. The van der Waals surface area contributed by atoms with Crippen molar-refractivity contribution >= 4 is 11.6 Å². The highest BCUT2D eigenvalue weighted by atomic mass is 19.1. The van der Waals surface area contributed by atoms with Gasteiger partial charge in [-0.2, -0.15) is 5.26 Å². The molecule has 0 saturated heterocycles. The number of hydrogen-bond donors (Lipinski definition) is 1. The van der Waals surface area contributed by atoms with Gasteiger partial charge >= 0.3 is 0 Å². The molecule has 1 heterocycles. The molecule has 1 N–H and O–H groups in total. The van der Waals surface area contributed by atoms with Gasteiger partial charge in [-0.05, 0) is 47.4 Å². The summed E-state index contributed by atoms with van der Waals surface area (Å²) < 4.78 is 13.3. The first-order chi connectivity index (χ1) is 9.67. The molecule has 0 radical (unpaired) electrons. The van der Waals surface area contributed by atoms with E-state index in [9.17, 15) is 9.18 Å². The average Bonchev–Trinajstić information content (AvgIpc) is 2.47. The summed E-state index contributed by atoms with van der Waals surface area (Å²) in [5.74, 6) is -0.486. The highest BCUT2D eigenvalue weighted by Gasteiger charge is 2.15. The second-order valence-electron chi connectivity index (χ2n) is 4.73. The topological polar surface area (TPSA) is 52.9 Å². The number of nitrogens with zero attached hydrogens (tertiary/aromatic N) is 1. The molecule has 0 bridgehead atoms. The van der Waals surface area contributed by atoms with Crippen molar-refractivity contribution < 1.29 is 9.18 Å². The molecule has 0 unspecified atom stereocenters. The van der Waals surface area contributed by atoms with Crippen molar-refractivity contribution in [2.24, 2.45) is 0 Å². The van der Waals surface area contributed by atoms with E-state index in [0.29, 0.717) is 12.8 Å². The maximum atomic E-state index is 13.3. The second-order valence-corrected chi connectivity index (χ2v) is 4.73. The van der Waals surface area contributed by atoms with Crippen molar-refractivity contribution in [3.63, 3.8) is 0 Å². The van der Waals surface area contributed by atoms with Gasteiger partial charge in [-0.3, -0.25) is 4.79 Å². The van der Waals surface area contributed by atoms with Crippen molar-refractivity contribution in [1.29, 1.82) is 5.26 Å². The van der Waals surface area contributed by atoms with E-state index in [2.05, 4.69) is 5.32 Å². The van der Waals surface area contributed by atoms with Crippen molar-refractivity contribution in [3.05, 3.63) is 53.3 Å². The zero-order chi connectivity index (χ0) is 14.1. The van der Waals surface area contributed by atoms with Crippen LogP contribution in [0.25, 0.3) is 11.1 Å². The molecule has 0 fully saturated rings. The molecular weight excluding hydrogens is 255 g/mol. The minimum atomic E-state index is -0.513. The van der Waals surface area contributed by atoms with E-state index in [0.717, 1.165) is 22.4 Å². The van der Waals surface area contributed by atoms with Gasteiger partial charge in [0, 0.05) is 12.1 Å². The number of benzene rings is 2. The van der Waals surface area contributed by atoms with Crippen LogP contribution < -0.4 is 5.32 Å². The number of rotatable bonds is 1. The van der Waals surface area contributed by atoms with Gasteiger partial charge in [0.2, 0.25) is 5.91 Å². The zero-order valence-corrected chi connectivity index (χ0v) is 10.6. The van der Waals surface area contributed by atoms with Gasteiger partial charge in [0.1, 0.15) is 11.9 Å². The normalized spacial score (nSPS) is 13.3. The van der Waals surface area contributed by atoms with E-state index in [1.807, 2.05) is 24.3 Å². The molecule has 0 atom stereocenters. The number of aryl methyl sites for hydroxylation is 1. The van der Waals surface area contributed by atoms with Crippen LogP contribution in [0.15, 0.2) is 36.4 Å². The fourth-order valence-corrected chi connectivity index (χ4v) is 2.35. The molecule has 0 aliphatic carbocycles. The molecule has 2 aromatic rings. The van der Waals surface area contributed by atoms with Crippen LogP contribution in [0.4, 0.5) is 10.1 Å². The number of carbonyl (C=O) groups excluding carboxylic acids is 1. The number of anilines is 1. The van der Waals surface area contributed by atoms with Crippen LogP contribution in [0.3, 0.4) is 0 Å². The largest absolute Gasteiger partial charge is 0.326 e. The van der Waals surface area contributed by atoms with Crippen LogP contribution in [0.1, 0.15) is 17.5 Å². The standard InChI is InChI=1S/C16H11FN2O/c17-14-4-1-10(8-13(14)9-18)11-2-5-15-12(7-11)3-6-16(20)19-15/h1-2,4-5,7-8H,3,6H2,(H,19,20). The first-order valence-electron chi connectivity index (χ1n) is 6.30. The van der Waals surface area contributed by atoms with Crippen molar-refractivity contribution in [2.75, 3.05) is 5.32 Å². The lowest BCUT2D eigenvalue weighted by atomic mass is 9.96. The van der Waals surface area contributed by atoms with Crippen molar-refractivity contribution in [1.82, 2.24) is 0 Å². The molecule has 2 aromatic carbocycles. The summed E-state index contributed by atoms with van der Waals surface area (Å²) in [4.78, 5) is 11.3. The number of amides is 1. The summed E-state index contributed by atoms with van der Waals surface area (Å²) in [6, 6.07) is 12.0. The van der Waals surface area contributed by atoms with Crippen molar-refractivity contribution in [3.8, 4) is 17.2 Å². The number of nitriles is 1. The third kappa shape index (κ3) is 2.14. The predicted octanol–water partition coefficient (Wildman–Crippen LogP) is 3.25. The molecule has 0 saturated carbocycles. The lowest BCUT2D eigenvalue weighted by Crippen LogP contribution is -2.18. The van der Waals surface area contributed by atoms with Gasteiger partial charge in [-0.1, -0.05) is 12.1 Å². The quantitative estimate of drug-likeness (QED) is 0.861. The second kappa shape index (κ2) is 4.78. The summed E-state index contributed by atoms with van der Waals surface area (Å²) in [5, 5.41) is 11.7.